The van der Waals surface area contributed by atoms with Crippen LogP contribution in [0, 0.1) is 0 Å². The third-order valence-electron chi connectivity index (χ3n) is 3.09. The highest BCUT2D eigenvalue weighted by Gasteiger charge is 2.30. The smallest absolute Gasteiger partial charge is 0.337 e. The highest BCUT2D eigenvalue weighted by molar-refractivity contribution is 5.79. The molecular formula is C12H23N3O5. The number of ether oxygens (including phenoxy) is 1. The largest absolute Gasteiger partial charge is 0.479 e. The van der Waals surface area contributed by atoms with Gasteiger partial charge in [-0.25, -0.2) is 9.59 Å². The molecule has 0 aromatic rings. The molecule has 8 heteroatoms. The summed E-state index contributed by atoms with van der Waals surface area (Å²) in [6.45, 7) is 5.50. The number of nitrogens with zero attached hydrogens (tertiary/aromatic N) is 1. The van der Waals surface area contributed by atoms with Gasteiger partial charge in [0.2, 0.25) is 0 Å². The van der Waals surface area contributed by atoms with E-state index in [-0.39, 0.29) is 6.54 Å². The number of carboxylic acids is 1. The van der Waals surface area contributed by atoms with Gasteiger partial charge in [-0.2, -0.15) is 0 Å². The van der Waals surface area contributed by atoms with E-state index in [1.54, 1.807) is 0 Å². The molecule has 1 aliphatic heterocycles. The molecule has 8 nitrogen and oxygen atoms in total. The summed E-state index contributed by atoms with van der Waals surface area (Å²) in [5, 5.41) is 23.0. The molecule has 0 bridgehead atoms. The van der Waals surface area contributed by atoms with E-state index in [9.17, 15) is 14.7 Å². The summed E-state index contributed by atoms with van der Waals surface area (Å²) in [6.07, 6.45) is 0.808. The van der Waals surface area contributed by atoms with Crippen LogP contribution in [0.3, 0.4) is 0 Å². The lowest BCUT2D eigenvalue weighted by Crippen LogP contribution is -2.49. The van der Waals surface area contributed by atoms with E-state index in [0.717, 1.165) is 46.2 Å². The van der Waals surface area contributed by atoms with Gasteiger partial charge >= 0.3 is 12.0 Å². The lowest BCUT2D eigenvalue weighted by molar-refractivity contribution is -0.155. The van der Waals surface area contributed by atoms with Crippen molar-refractivity contribution >= 4 is 12.0 Å². The van der Waals surface area contributed by atoms with Gasteiger partial charge in [0.1, 0.15) is 0 Å². The summed E-state index contributed by atoms with van der Waals surface area (Å²) >= 11 is 0. The minimum Gasteiger partial charge on any atom is -0.479 e. The molecule has 1 rings (SSSR count). The first-order chi connectivity index (χ1) is 9.42. The second-order valence-corrected chi connectivity index (χ2v) is 5.00. The molecule has 0 aliphatic carbocycles. The third-order valence-corrected chi connectivity index (χ3v) is 3.09. The first kappa shape index (κ1) is 16.7. The number of carboxylic acid groups (broad SMARTS) is 1. The monoisotopic (exact) mass is 289 g/mol. The number of rotatable bonds is 7. The molecule has 2 amide bonds. The Morgan fingerprint density at radius 2 is 1.95 bits per heavy atom. The topological polar surface area (TPSA) is 111 Å². The summed E-state index contributed by atoms with van der Waals surface area (Å²) < 4.78 is 5.23. The van der Waals surface area contributed by atoms with Crippen molar-refractivity contribution in [1.82, 2.24) is 15.5 Å². The van der Waals surface area contributed by atoms with Crippen LogP contribution in [0.15, 0.2) is 0 Å². The molecule has 116 valence electrons. The van der Waals surface area contributed by atoms with E-state index < -0.39 is 17.6 Å². The van der Waals surface area contributed by atoms with E-state index in [0.29, 0.717) is 6.54 Å². The minimum atomic E-state index is -1.95. The zero-order chi connectivity index (χ0) is 15.0. The second-order valence-electron chi connectivity index (χ2n) is 5.00. The van der Waals surface area contributed by atoms with Crippen LogP contribution in [0.2, 0.25) is 0 Å². The minimum absolute atomic E-state index is 0.336. The highest BCUT2D eigenvalue weighted by atomic mass is 16.5. The summed E-state index contributed by atoms with van der Waals surface area (Å²) in [4.78, 5) is 24.3. The summed E-state index contributed by atoms with van der Waals surface area (Å²) in [6, 6.07) is -0.478. The van der Waals surface area contributed by atoms with Crippen LogP contribution in [0.1, 0.15) is 13.3 Å². The van der Waals surface area contributed by atoms with Gasteiger partial charge in [0, 0.05) is 19.6 Å². The third kappa shape index (κ3) is 6.18. The first-order valence-corrected chi connectivity index (χ1v) is 6.69. The van der Waals surface area contributed by atoms with Gasteiger partial charge in [-0.15, -0.1) is 0 Å². The van der Waals surface area contributed by atoms with Gasteiger partial charge in [-0.05, 0) is 19.9 Å². The fourth-order valence-corrected chi connectivity index (χ4v) is 1.72. The van der Waals surface area contributed by atoms with E-state index in [4.69, 9.17) is 9.84 Å². The lowest BCUT2D eigenvalue weighted by Gasteiger charge is -2.26. The normalized spacial score (nSPS) is 19.1. The molecule has 20 heavy (non-hydrogen) atoms. The molecule has 0 aromatic carbocycles. The molecule has 0 radical (unpaired) electrons. The Labute approximate surface area is 118 Å². The Kier molecular flexibility index (Phi) is 6.69. The van der Waals surface area contributed by atoms with E-state index in [2.05, 4.69) is 15.5 Å². The van der Waals surface area contributed by atoms with E-state index in [1.807, 2.05) is 0 Å². The second kappa shape index (κ2) is 8.03. The van der Waals surface area contributed by atoms with E-state index >= 15 is 0 Å². The number of urea groups is 1. The zero-order valence-electron chi connectivity index (χ0n) is 11.7. The van der Waals surface area contributed by atoms with Crippen molar-refractivity contribution in [2.24, 2.45) is 0 Å². The predicted molar refractivity (Wildman–Crippen MR) is 71.5 cm³/mol. The van der Waals surface area contributed by atoms with Gasteiger partial charge in [0.25, 0.3) is 0 Å². The number of hydrogen-bond acceptors (Lipinski definition) is 5. The van der Waals surface area contributed by atoms with Gasteiger partial charge < -0.3 is 25.6 Å². The summed E-state index contributed by atoms with van der Waals surface area (Å²) in [5.41, 5.74) is -1.95. The summed E-state index contributed by atoms with van der Waals surface area (Å²) in [5.74, 6) is -1.37. The average Bonchev–Trinajstić information content (AvgIpc) is 2.42. The SMILES string of the molecule is CC(O)(CNC(=O)NCCCN1CCOCC1)C(=O)O. The molecule has 0 aromatic heterocycles. The maximum absolute atomic E-state index is 11.4. The number of carbonyl (C=O) groups excluding carboxylic acids is 1. The van der Waals surface area contributed by atoms with Crippen LogP contribution in [0.4, 0.5) is 4.79 Å². The molecular weight excluding hydrogens is 266 g/mol. The summed E-state index contributed by atoms with van der Waals surface area (Å²) in [7, 11) is 0. The lowest BCUT2D eigenvalue weighted by atomic mass is 10.1. The van der Waals surface area contributed by atoms with Gasteiger partial charge in [0.05, 0.1) is 19.8 Å². The molecule has 1 atom stereocenters. The Hall–Kier alpha value is -1.38. The van der Waals surface area contributed by atoms with Crippen LogP contribution in [0.25, 0.3) is 0 Å². The standard InChI is InChI=1S/C12H23N3O5/c1-12(19,10(16)17)9-14-11(18)13-3-2-4-15-5-7-20-8-6-15/h19H,2-9H2,1H3,(H,16,17)(H2,13,14,18). The number of aliphatic hydroxyl groups is 1. The molecule has 0 saturated carbocycles. The Morgan fingerprint density at radius 3 is 2.55 bits per heavy atom. The molecule has 1 saturated heterocycles. The van der Waals surface area contributed by atoms with Gasteiger partial charge in [-0.1, -0.05) is 0 Å². The first-order valence-electron chi connectivity index (χ1n) is 6.69. The van der Waals surface area contributed by atoms with Crippen LogP contribution >= 0.6 is 0 Å². The molecule has 1 aliphatic rings. The number of nitrogens with one attached hydrogen (secondary N) is 2. The van der Waals surface area contributed by atoms with Crippen molar-refractivity contribution < 1.29 is 24.5 Å². The Bertz CT molecular complexity index is 329. The molecule has 4 N–H and O–H groups in total. The number of carbonyl (C=O) groups is 2. The molecule has 1 heterocycles. The number of aliphatic carboxylic acids is 1. The van der Waals surface area contributed by atoms with Crippen molar-refractivity contribution in [2.45, 2.75) is 18.9 Å². The van der Waals surface area contributed by atoms with E-state index in [1.165, 1.54) is 0 Å². The maximum Gasteiger partial charge on any atom is 0.337 e. The van der Waals surface area contributed by atoms with Crippen molar-refractivity contribution in [3.8, 4) is 0 Å². The average molecular weight is 289 g/mol. The zero-order valence-corrected chi connectivity index (χ0v) is 11.7. The van der Waals surface area contributed by atoms with Gasteiger partial charge in [0.15, 0.2) is 5.60 Å². The number of amides is 2. The van der Waals surface area contributed by atoms with Crippen molar-refractivity contribution in [2.75, 3.05) is 45.9 Å². The van der Waals surface area contributed by atoms with Crippen molar-refractivity contribution in [3.63, 3.8) is 0 Å². The molecule has 1 fully saturated rings. The Morgan fingerprint density at radius 1 is 1.30 bits per heavy atom. The van der Waals surface area contributed by atoms with Gasteiger partial charge in [-0.3, -0.25) is 4.90 Å². The van der Waals surface area contributed by atoms with Crippen molar-refractivity contribution in [1.29, 1.82) is 0 Å². The predicted octanol–water partition coefficient (Wildman–Crippen LogP) is -1.16. The fraction of sp³-hybridized carbons (Fsp3) is 0.833. The van der Waals surface area contributed by atoms with Crippen LogP contribution in [-0.4, -0.2) is 78.7 Å². The highest BCUT2D eigenvalue weighted by Crippen LogP contribution is 2.00. The van der Waals surface area contributed by atoms with Crippen LogP contribution in [0.5, 0.6) is 0 Å². The van der Waals surface area contributed by atoms with Crippen molar-refractivity contribution in [3.05, 3.63) is 0 Å². The maximum atomic E-state index is 11.4. The Balaban J connectivity index is 2.06. The number of morpholine rings is 1. The molecule has 1 unspecified atom stereocenters. The van der Waals surface area contributed by atoms with Crippen LogP contribution < -0.4 is 10.6 Å². The number of hydrogen-bond donors (Lipinski definition) is 4. The van der Waals surface area contributed by atoms with Crippen LogP contribution in [-0.2, 0) is 9.53 Å². The molecule has 0 spiro atoms. The fourth-order valence-electron chi connectivity index (χ4n) is 1.72. The quantitative estimate of drug-likeness (QED) is 0.440.